The van der Waals surface area contributed by atoms with Gasteiger partial charge in [0.25, 0.3) is 0 Å². The molecule has 0 N–H and O–H groups in total. The summed E-state index contributed by atoms with van der Waals surface area (Å²) in [6, 6.07) is 7.40. The normalized spacial score (nSPS) is 25.8. The number of anilines is 1. The Morgan fingerprint density at radius 3 is 2.54 bits per heavy atom. The summed E-state index contributed by atoms with van der Waals surface area (Å²) in [5, 5.41) is 0. The van der Waals surface area contributed by atoms with Crippen LogP contribution < -0.4 is 4.90 Å². The molecule has 3 heteroatoms. The third-order valence-electron chi connectivity index (χ3n) is 6.66. The molecule has 2 aliphatic heterocycles. The first-order chi connectivity index (χ1) is 11.4. The first-order valence-corrected chi connectivity index (χ1v) is 10.3. The van der Waals surface area contributed by atoms with E-state index in [0.717, 1.165) is 17.8 Å². The monoisotopic (exact) mass is 344 g/mol. The number of fused-ring (bicyclic) bond motifs is 1. The van der Waals surface area contributed by atoms with E-state index in [1.54, 1.807) is 16.8 Å². The molecule has 0 radical (unpaired) electrons. The van der Waals surface area contributed by atoms with Gasteiger partial charge in [0.05, 0.1) is 0 Å². The predicted molar refractivity (Wildman–Crippen MR) is 107 cm³/mol. The van der Waals surface area contributed by atoms with Crippen LogP contribution in [-0.4, -0.2) is 30.8 Å². The van der Waals surface area contributed by atoms with E-state index in [4.69, 9.17) is 0 Å². The van der Waals surface area contributed by atoms with Gasteiger partial charge in [0.15, 0.2) is 0 Å². The number of piperidine rings is 1. The molecule has 1 saturated heterocycles. The van der Waals surface area contributed by atoms with E-state index >= 15 is 0 Å². The molecule has 1 aromatic rings. The summed E-state index contributed by atoms with van der Waals surface area (Å²) >= 11 is 0. The fraction of sp³-hybridized carbons (Fsp3) is 0.714. The van der Waals surface area contributed by atoms with Gasteiger partial charge < -0.3 is 4.90 Å². The first-order valence-electron chi connectivity index (χ1n) is 9.83. The zero-order valence-electron chi connectivity index (χ0n) is 15.6. The second-order valence-electron chi connectivity index (χ2n) is 9.15. The Bertz CT molecular complexity index is 600. The standard InChI is InChI=1S/C21H33N2P/c1-15(17-4-5-17)18-6-7-19-20(12-18)22(14-21(19,2)3)13-16-8-10-23(24)11-9-16/h6-7,12,15-17H,4-5,8-11,13-14,24H2,1-3H3/t15-/m1/s1. The molecule has 24 heavy (non-hydrogen) atoms. The fourth-order valence-corrected chi connectivity index (χ4v) is 5.09. The first kappa shape index (κ1) is 16.9. The van der Waals surface area contributed by atoms with Gasteiger partial charge in [0, 0.05) is 37.3 Å². The summed E-state index contributed by atoms with van der Waals surface area (Å²) in [5.74, 6) is 2.53. The van der Waals surface area contributed by atoms with Crippen LogP contribution in [0.5, 0.6) is 0 Å². The van der Waals surface area contributed by atoms with Crippen LogP contribution >= 0.6 is 9.39 Å². The van der Waals surface area contributed by atoms with E-state index in [2.05, 4.69) is 57.9 Å². The van der Waals surface area contributed by atoms with Crippen molar-refractivity contribution in [1.29, 1.82) is 0 Å². The summed E-state index contributed by atoms with van der Waals surface area (Å²) in [4.78, 5) is 2.71. The maximum absolute atomic E-state index is 2.87. The number of benzene rings is 1. The Morgan fingerprint density at radius 1 is 1.17 bits per heavy atom. The van der Waals surface area contributed by atoms with Crippen molar-refractivity contribution in [2.24, 2.45) is 11.8 Å². The van der Waals surface area contributed by atoms with Gasteiger partial charge in [-0.05, 0) is 60.6 Å². The Hall–Kier alpha value is -0.590. The second-order valence-corrected chi connectivity index (χ2v) is 9.88. The number of hydrogen-bond acceptors (Lipinski definition) is 2. The van der Waals surface area contributed by atoms with Crippen LogP contribution in [0.15, 0.2) is 18.2 Å². The largest absolute Gasteiger partial charge is 0.370 e. The Kier molecular flexibility index (Phi) is 4.42. The van der Waals surface area contributed by atoms with Crippen molar-refractivity contribution in [3.05, 3.63) is 29.3 Å². The molecule has 3 aliphatic rings. The van der Waals surface area contributed by atoms with Gasteiger partial charge in [-0.25, -0.2) is 0 Å². The highest BCUT2D eigenvalue weighted by molar-refractivity contribution is 7.13. The number of hydrogen-bond donors (Lipinski definition) is 0. The molecule has 0 spiro atoms. The minimum atomic E-state index is 0.290. The molecular formula is C21H33N2P. The predicted octanol–water partition coefficient (Wildman–Crippen LogP) is 4.80. The van der Waals surface area contributed by atoms with Crippen molar-refractivity contribution in [3.8, 4) is 0 Å². The molecule has 1 aliphatic carbocycles. The highest BCUT2D eigenvalue weighted by Crippen LogP contribution is 2.46. The van der Waals surface area contributed by atoms with Crippen molar-refractivity contribution < 1.29 is 0 Å². The summed E-state index contributed by atoms with van der Waals surface area (Å²) < 4.78 is 2.40. The van der Waals surface area contributed by atoms with Crippen LogP contribution in [0.4, 0.5) is 5.69 Å². The molecule has 1 unspecified atom stereocenters. The van der Waals surface area contributed by atoms with Crippen LogP contribution in [-0.2, 0) is 5.41 Å². The van der Waals surface area contributed by atoms with Gasteiger partial charge in [-0.2, -0.15) is 0 Å². The average Bonchev–Trinajstić information content (AvgIpc) is 3.36. The Labute approximate surface area is 150 Å². The molecule has 4 rings (SSSR count). The molecule has 0 bridgehead atoms. The van der Waals surface area contributed by atoms with Crippen LogP contribution in [0.3, 0.4) is 0 Å². The van der Waals surface area contributed by atoms with Crippen LogP contribution in [0, 0.1) is 11.8 Å². The van der Waals surface area contributed by atoms with Crippen LogP contribution in [0.25, 0.3) is 0 Å². The molecule has 2 nitrogen and oxygen atoms in total. The summed E-state index contributed by atoms with van der Waals surface area (Å²) in [6.45, 7) is 12.2. The quantitative estimate of drug-likeness (QED) is 0.724. The fourth-order valence-electron chi connectivity index (χ4n) is 4.79. The van der Waals surface area contributed by atoms with Crippen LogP contribution in [0.2, 0.25) is 0 Å². The maximum atomic E-state index is 2.87. The lowest BCUT2D eigenvalue weighted by Gasteiger charge is -2.33. The van der Waals surface area contributed by atoms with E-state index in [1.165, 1.54) is 51.9 Å². The number of nitrogens with zero attached hydrogens (tertiary/aromatic N) is 2. The Morgan fingerprint density at radius 2 is 1.88 bits per heavy atom. The van der Waals surface area contributed by atoms with Crippen LogP contribution in [0.1, 0.15) is 63.5 Å². The van der Waals surface area contributed by atoms with E-state index in [9.17, 15) is 0 Å². The molecule has 2 fully saturated rings. The highest BCUT2D eigenvalue weighted by Gasteiger charge is 2.37. The zero-order chi connectivity index (χ0) is 16.9. The van der Waals surface area contributed by atoms with Crippen molar-refractivity contribution in [2.75, 3.05) is 31.1 Å². The van der Waals surface area contributed by atoms with Gasteiger partial charge in [-0.15, -0.1) is 0 Å². The minimum Gasteiger partial charge on any atom is -0.370 e. The lowest BCUT2D eigenvalue weighted by atomic mass is 9.85. The maximum Gasteiger partial charge on any atom is 0.0408 e. The second kappa shape index (κ2) is 6.29. The molecule has 0 amide bonds. The summed E-state index contributed by atoms with van der Waals surface area (Å²) in [5.41, 5.74) is 4.97. The van der Waals surface area contributed by atoms with Gasteiger partial charge in [0.1, 0.15) is 0 Å². The van der Waals surface area contributed by atoms with Gasteiger partial charge in [0.2, 0.25) is 0 Å². The topological polar surface area (TPSA) is 6.48 Å². The van der Waals surface area contributed by atoms with Crippen molar-refractivity contribution in [3.63, 3.8) is 0 Å². The third kappa shape index (κ3) is 3.25. The number of rotatable bonds is 4. The molecule has 0 aromatic heterocycles. The van der Waals surface area contributed by atoms with Gasteiger partial charge in [-0.3, -0.25) is 4.67 Å². The summed E-state index contributed by atoms with van der Waals surface area (Å²) in [6.07, 6.45) is 5.55. The van der Waals surface area contributed by atoms with Crippen molar-refractivity contribution in [2.45, 2.75) is 57.8 Å². The average molecular weight is 344 g/mol. The molecule has 1 saturated carbocycles. The lowest BCUT2D eigenvalue weighted by molar-refractivity contribution is 0.291. The molecular weight excluding hydrogens is 311 g/mol. The van der Waals surface area contributed by atoms with E-state index in [0.29, 0.717) is 0 Å². The zero-order valence-corrected chi connectivity index (χ0v) is 16.7. The smallest absolute Gasteiger partial charge is 0.0408 e. The third-order valence-corrected chi connectivity index (χ3v) is 7.18. The van der Waals surface area contributed by atoms with E-state index in [-0.39, 0.29) is 5.41 Å². The lowest BCUT2D eigenvalue weighted by Crippen LogP contribution is -2.36. The van der Waals surface area contributed by atoms with Gasteiger partial charge >= 0.3 is 0 Å². The Balaban J connectivity index is 1.55. The van der Waals surface area contributed by atoms with Crippen molar-refractivity contribution >= 4 is 15.1 Å². The van der Waals surface area contributed by atoms with Gasteiger partial charge in [-0.1, -0.05) is 42.3 Å². The highest BCUT2D eigenvalue weighted by atomic mass is 31.0. The van der Waals surface area contributed by atoms with E-state index in [1.807, 2.05) is 0 Å². The molecule has 1 aromatic carbocycles. The molecule has 132 valence electrons. The molecule has 2 heterocycles. The molecule has 2 atom stereocenters. The summed E-state index contributed by atoms with van der Waals surface area (Å²) in [7, 11) is 2.87. The van der Waals surface area contributed by atoms with Crippen molar-refractivity contribution in [1.82, 2.24) is 4.67 Å². The SMILES string of the molecule is C[C@@H](c1ccc2c(c1)N(CC1CCN(P)CC1)CC2(C)C)C1CC1. The van der Waals surface area contributed by atoms with E-state index < -0.39 is 0 Å². The minimum absolute atomic E-state index is 0.290.